The molecule has 2 amide bonds. The Morgan fingerprint density at radius 2 is 1.35 bits per heavy atom. The number of carbonyl (C=O) groups is 2. The molecule has 0 aliphatic rings. The summed E-state index contributed by atoms with van der Waals surface area (Å²) in [5.74, 6) is -0.579. The minimum atomic E-state index is -0.787. The van der Waals surface area contributed by atoms with E-state index in [-0.39, 0.29) is 11.8 Å². The predicted molar refractivity (Wildman–Crippen MR) is 103 cm³/mol. The van der Waals surface area contributed by atoms with Crippen molar-refractivity contribution in [2.24, 2.45) is 0 Å². The molecule has 3 aromatic carbocycles. The molecule has 0 saturated carbocycles. The summed E-state index contributed by atoms with van der Waals surface area (Å²) in [5, 5.41) is 5.69. The van der Waals surface area contributed by atoms with E-state index in [1.54, 1.807) is 12.1 Å². The number of benzene rings is 3. The van der Waals surface area contributed by atoms with Gasteiger partial charge >= 0.3 is 0 Å². The van der Waals surface area contributed by atoms with Gasteiger partial charge in [-0.15, -0.1) is 0 Å². The summed E-state index contributed by atoms with van der Waals surface area (Å²) < 4.78 is 0. The molecule has 3 aromatic rings. The van der Waals surface area contributed by atoms with Crippen LogP contribution in [0.2, 0.25) is 0 Å². The molecule has 0 bridgehead atoms. The molecule has 26 heavy (non-hydrogen) atoms. The standard InChI is InChI=1S/C22H20N2O2/c1-16-12-14-18(15-13-16)21(25)24-20(17-8-4-2-5-9-17)22(26)23-19-10-6-3-7-11-19/h2-15,20H,1H3,(H,23,26)(H,24,25)/t20-/m0/s1. The van der Waals surface area contributed by atoms with E-state index in [2.05, 4.69) is 10.6 Å². The van der Waals surface area contributed by atoms with Crippen LogP contribution in [0.1, 0.15) is 27.5 Å². The Morgan fingerprint density at radius 1 is 0.769 bits per heavy atom. The van der Waals surface area contributed by atoms with Gasteiger partial charge in [-0.05, 0) is 36.8 Å². The maximum absolute atomic E-state index is 12.8. The zero-order chi connectivity index (χ0) is 18.4. The van der Waals surface area contributed by atoms with E-state index in [0.717, 1.165) is 11.1 Å². The van der Waals surface area contributed by atoms with Crippen LogP contribution in [0.25, 0.3) is 0 Å². The van der Waals surface area contributed by atoms with Crippen molar-refractivity contribution in [1.29, 1.82) is 0 Å². The van der Waals surface area contributed by atoms with Crippen LogP contribution in [0.15, 0.2) is 84.9 Å². The highest BCUT2D eigenvalue weighted by Gasteiger charge is 2.23. The number of para-hydroxylation sites is 1. The molecule has 0 fully saturated rings. The third kappa shape index (κ3) is 4.36. The number of nitrogens with one attached hydrogen (secondary N) is 2. The number of anilines is 1. The summed E-state index contributed by atoms with van der Waals surface area (Å²) in [6, 6.07) is 24.9. The molecule has 1 atom stereocenters. The molecule has 4 heteroatoms. The van der Waals surface area contributed by atoms with Gasteiger partial charge in [0.1, 0.15) is 6.04 Å². The molecule has 2 N–H and O–H groups in total. The van der Waals surface area contributed by atoms with Gasteiger partial charge in [0.15, 0.2) is 0 Å². The van der Waals surface area contributed by atoms with Crippen molar-refractivity contribution in [3.05, 3.63) is 102 Å². The SMILES string of the molecule is Cc1ccc(C(=O)N[C@H](C(=O)Nc2ccccc2)c2ccccc2)cc1. The van der Waals surface area contributed by atoms with Crippen LogP contribution in [0.5, 0.6) is 0 Å². The smallest absolute Gasteiger partial charge is 0.252 e. The van der Waals surface area contributed by atoms with Crippen molar-refractivity contribution in [3.8, 4) is 0 Å². The largest absolute Gasteiger partial charge is 0.336 e. The average Bonchev–Trinajstić information content (AvgIpc) is 2.68. The minimum absolute atomic E-state index is 0.289. The van der Waals surface area contributed by atoms with E-state index in [1.165, 1.54) is 0 Å². The van der Waals surface area contributed by atoms with Gasteiger partial charge in [0, 0.05) is 11.3 Å². The second-order valence-electron chi connectivity index (χ2n) is 6.04. The van der Waals surface area contributed by atoms with Gasteiger partial charge < -0.3 is 10.6 Å². The molecule has 0 unspecified atom stereocenters. The number of rotatable bonds is 5. The summed E-state index contributed by atoms with van der Waals surface area (Å²) in [4.78, 5) is 25.4. The average molecular weight is 344 g/mol. The van der Waals surface area contributed by atoms with E-state index >= 15 is 0 Å². The van der Waals surface area contributed by atoms with Crippen LogP contribution < -0.4 is 10.6 Å². The molecule has 0 aliphatic heterocycles. The van der Waals surface area contributed by atoms with Crippen LogP contribution in [-0.2, 0) is 4.79 Å². The Morgan fingerprint density at radius 3 is 1.96 bits per heavy atom. The number of aryl methyl sites for hydroxylation is 1. The lowest BCUT2D eigenvalue weighted by Crippen LogP contribution is -2.37. The molecule has 130 valence electrons. The van der Waals surface area contributed by atoms with Crippen LogP contribution in [0, 0.1) is 6.92 Å². The lowest BCUT2D eigenvalue weighted by molar-refractivity contribution is -0.118. The van der Waals surface area contributed by atoms with Crippen molar-refractivity contribution < 1.29 is 9.59 Å². The first-order valence-electron chi connectivity index (χ1n) is 8.42. The molecule has 0 spiro atoms. The number of hydrogen-bond acceptors (Lipinski definition) is 2. The van der Waals surface area contributed by atoms with Crippen LogP contribution in [0.4, 0.5) is 5.69 Å². The Labute approximate surface area is 152 Å². The maximum atomic E-state index is 12.8. The van der Waals surface area contributed by atoms with Gasteiger partial charge in [0.25, 0.3) is 11.8 Å². The molecule has 3 rings (SSSR count). The highest BCUT2D eigenvalue weighted by atomic mass is 16.2. The summed E-state index contributed by atoms with van der Waals surface area (Å²) in [5.41, 5.74) is 3.00. The number of hydrogen-bond donors (Lipinski definition) is 2. The van der Waals surface area contributed by atoms with E-state index in [1.807, 2.05) is 79.7 Å². The van der Waals surface area contributed by atoms with Crippen molar-refractivity contribution >= 4 is 17.5 Å². The van der Waals surface area contributed by atoms with Crippen molar-refractivity contribution in [2.45, 2.75) is 13.0 Å². The van der Waals surface area contributed by atoms with Gasteiger partial charge in [-0.3, -0.25) is 9.59 Å². The normalized spacial score (nSPS) is 11.4. The maximum Gasteiger partial charge on any atom is 0.252 e. The van der Waals surface area contributed by atoms with E-state index in [0.29, 0.717) is 11.3 Å². The van der Waals surface area contributed by atoms with Crippen LogP contribution in [0.3, 0.4) is 0 Å². The predicted octanol–water partition coefficient (Wildman–Crippen LogP) is 4.10. The molecule has 0 radical (unpaired) electrons. The molecule has 0 aromatic heterocycles. The van der Waals surface area contributed by atoms with E-state index < -0.39 is 6.04 Å². The second kappa shape index (κ2) is 8.12. The monoisotopic (exact) mass is 344 g/mol. The second-order valence-corrected chi connectivity index (χ2v) is 6.04. The first kappa shape index (κ1) is 17.4. The molecule has 0 aliphatic carbocycles. The summed E-state index contributed by atoms with van der Waals surface area (Å²) in [6.07, 6.45) is 0. The highest BCUT2D eigenvalue weighted by molar-refractivity contribution is 6.01. The van der Waals surface area contributed by atoms with Gasteiger partial charge in [-0.2, -0.15) is 0 Å². The van der Waals surface area contributed by atoms with Crippen molar-refractivity contribution in [2.75, 3.05) is 5.32 Å². The Kier molecular flexibility index (Phi) is 5.44. The summed E-state index contributed by atoms with van der Waals surface area (Å²) >= 11 is 0. The molecule has 4 nitrogen and oxygen atoms in total. The fourth-order valence-electron chi connectivity index (χ4n) is 2.60. The highest BCUT2D eigenvalue weighted by Crippen LogP contribution is 2.17. The third-order valence-electron chi connectivity index (χ3n) is 4.03. The Bertz CT molecular complexity index is 875. The topological polar surface area (TPSA) is 58.2 Å². The van der Waals surface area contributed by atoms with E-state index in [9.17, 15) is 9.59 Å². The quantitative estimate of drug-likeness (QED) is 0.732. The molecule has 0 saturated heterocycles. The third-order valence-corrected chi connectivity index (χ3v) is 4.03. The summed E-state index contributed by atoms with van der Waals surface area (Å²) in [6.45, 7) is 1.96. The first-order valence-corrected chi connectivity index (χ1v) is 8.42. The van der Waals surface area contributed by atoms with Gasteiger partial charge in [-0.25, -0.2) is 0 Å². The van der Waals surface area contributed by atoms with Crippen molar-refractivity contribution in [1.82, 2.24) is 5.32 Å². The van der Waals surface area contributed by atoms with Gasteiger partial charge in [0.05, 0.1) is 0 Å². The minimum Gasteiger partial charge on any atom is -0.336 e. The summed E-state index contributed by atoms with van der Waals surface area (Å²) in [7, 11) is 0. The van der Waals surface area contributed by atoms with Crippen LogP contribution in [-0.4, -0.2) is 11.8 Å². The molecular weight excluding hydrogens is 324 g/mol. The Balaban J connectivity index is 1.82. The first-order chi connectivity index (χ1) is 12.6. The Hall–Kier alpha value is -3.40. The van der Waals surface area contributed by atoms with Gasteiger partial charge in [0.2, 0.25) is 0 Å². The van der Waals surface area contributed by atoms with Gasteiger partial charge in [-0.1, -0.05) is 66.2 Å². The fourth-order valence-corrected chi connectivity index (χ4v) is 2.60. The fraction of sp³-hybridized carbons (Fsp3) is 0.0909. The lowest BCUT2D eigenvalue weighted by atomic mass is 10.0. The number of carbonyl (C=O) groups excluding carboxylic acids is 2. The zero-order valence-electron chi connectivity index (χ0n) is 14.5. The van der Waals surface area contributed by atoms with E-state index in [4.69, 9.17) is 0 Å². The molecule has 0 heterocycles. The van der Waals surface area contributed by atoms with Crippen LogP contribution >= 0.6 is 0 Å². The van der Waals surface area contributed by atoms with Crippen molar-refractivity contribution in [3.63, 3.8) is 0 Å². The lowest BCUT2D eigenvalue weighted by Gasteiger charge is -2.19. The zero-order valence-corrected chi connectivity index (χ0v) is 14.5. The molecular formula is C22H20N2O2. The number of amides is 2.